The van der Waals surface area contributed by atoms with Crippen LogP contribution in [0.5, 0.6) is 23.0 Å². The lowest BCUT2D eigenvalue weighted by Gasteiger charge is -2.33. The van der Waals surface area contributed by atoms with E-state index >= 15 is 0 Å². The molecule has 73 heavy (non-hydrogen) atoms. The van der Waals surface area contributed by atoms with Gasteiger partial charge in [0.05, 0.1) is 42.0 Å². The maximum absolute atomic E-state index is 12.2. The van der Waals surface area contributed by atoms with Crippen LogP contribution in [0.15, 0.2) is 103 Å². The number of hydrogen-bond donors (Lipinski definition) is 2. The van der Waals surface area contributed by atoms with E-state index in [2.05, 4.69) is 33.2 Å². The predicted octanol–water partition coefficient (Wildman–Crippen LogP) is 8.87. The van der Waals surface area contributed by atoms with Gasteiger partial charge in [0.1, 0.15) is 67.6 Å². The minimum atomic E-state index is -0.983. The molecule has 0 spiro atoms. The molecule has 0 amide bonds. The summed E-state index contributed by atoms with van der Waals surface area (Å²) in [5, 5.41) is 30.0. The number of carboxylic acids is 2. The maximum Gasteiger partial charge on any atom is 0.323 e. The lowest BCUT2D eigenvalue weighted by Crippen LogP contribution is -2.49. The predicted molar refractivity (Wildman–Crippen MR) is 274 cm³/mol. The van der Waals surface area contributed by atoms with Crippen molar-refractivity contribution >= 4 is 41.4 Å². The Morgan fingerprint density at radius 2 is 1.16 bits per heavy atom. The third-order valence-corrected chi connectivity index (χ3v) is 13.4. The standard InChI is InChI=1S/C55H54Cl2N6O10/c1-34-40(30-72-52-18-50(70-28-38-14-36(20-58)22-60-24-38)42(16-46(52)56)26-62-10-12-68-32-48(62)54(64)65)6-4-8-44(34)45-9-5-7-41(35(45)2)31-73-53-19-51(71-29-39-15-37(21-59-3)23-61-25-39)43(17-47(53)57)27-63-11-13-69-33-49(63)55(66)67/h4-9,14-19,21-25,48-49H,10-13,26-33H2,1-3H3,(H,64,65)(H,66,67)/b59-21+/t48-,49-/m1/s1. The first kappa shape index (κ1) is 52.2. The van der Waals surface area contributed by atoms with Crippen LogP contribution in [0.1, 0.15) is 55.6 Å². The molecule has 0 unspecified atom stereocenters. The van der Waals surface area contributed by atoms with Gasteiger partial charge >= 0.3 is 11.9 Å². The Hall–Kier alpha value is -7.10. The molecular weight excluding hydrogens is 976 g/mol. The molecule has 8 rings (SSSR count). The maximum atomic E-state index is 12.2. The summed E-state index contributed by atoms with van der Waals surface area (Å²) in [6.07, 6.45) is 8.24. The minimum Gasteiger partial charge on any atom is -0.488 e. The molecule has 4 aromatic carbocycles. The SMILES string of the molecule is C/N=C/c1cncc(COc2cc(OCc3cccc(-c4cccc(COc5cc(OCc6cncc(C#N)c6)c(CN6CCOC[C@@H]6C(=O)O)cc5Cl)c4C)c3C)c(Cl)cc2CN2CCOC[C@@H]2C(=O)O)c1. The molecule has 6 aromatic rings. The number of benzene rings is 4. The molecule has 378 valence electrons. The second-order valence-electron chi connectivity index (χ2n) is 17.6. The molecular formula is C55H54Cl2N6O10. The highest BCUT2D eigenvalue weighted by Gasteiger charge is 2.32. The second kappa shape index (κ2) is 24.5. The van der Waals surface area contributed by atoms with Crippen LogP contribution in [0.3, 0.4) is 0 Å². The lowest BCUT2D eigenvalue weighted by atomic mass is 9.92. The quantitative estimate of drug-likeness (QED) is 0.0687. The third-order valence-electron chi connectivity index (χ3n) is 12.8. The Bertz CT molecular complexity index is 3040. The van der Waals surface area contributed by atoms with Gasteiger partial charge in [-0.2, -0.15) is 5.26 Å². The van der Waals surface area contributed by atoms with Gasteiger partial charge in [-0.05, 0) is 71.5 Å². The number of rotatable bonds is 20. The summed E-state index contributed by atoms with van der Waals surface area (Å²) in [5.74, 6) is -0.236. The number of carbonyl (C=O) groups is 2. The first-order valence-corrected chi connectivity index (χ1v) is 24.3. The van der Waals surface area contributed by atoms with Gasteiger partial charge in [0.25, 0.3) is 0 Å². The molecule has 0 aliphatic carbocycles. The zero-order valence-electron chi connectivity index (χ0n) is 40.6. The fourth-order valence-corrected chi connectivity index (χ4v) is 9.25. The third kappa shape index (κ3) is 13.1. The number of pyridine rings is 2. The fourth-order valence-electron chi connectivity index (χ4n) is 8.77. The number of hydrogen-bond acceptors (Lipinski definition) is 14. The molecule has 2 N–H and O–H groups in total. The first-order valence-electron chi connectivity index (χ1n) is 23.5. The van der Waals surface area contributed by atoms with Crippen molar-refractivity contribution in [3.05, 3.63) is 163 Å². The zero-order chi connectivity index (χ0) is 51.4. The van der Waals surface area contributed by atoms with Crippen LogP contribution in [0, 0.1) is 25.2 Å². The van der Waals surface area contributed by atoms with Gasteiger partial charge in [-0.15, -0.1) is 0 Å². The van der Waals surface area contributed by atoms with Crippen molar-refractivity contribution in [3.63, 3.8) is 0 Å². The molecule has 0 bridgehead atoms. The summed E-state index contributed by atoms with van der Waals surface area (Å²) in [6.45, 7) is 6.99. The van der Waals surface area contributed by atoms with Crippen molar-refractivity contribution in [1.82, 2.24) is 19.8 Å². The van der Waals surface area contributed by atoms with Gasteiger partial charge in [-0.1, -0.05) is 59.6 Å². The van der Waals surface area contributed by atoms with E-state index in [4.69, 9.17) is 51.6 Å². The lowest BCUT2D eigenvalue weighted by molar-refractivity contribution is -0.151. The van der Waals surface area contributed by atoms with Crippen molar-refractivity contribution in [2.75, 3.05) is 46.6 Å². The smallest absolute Gasteiger partial charge is 0.323 e. The van der Waals surface area contributed by atoms with E-state index in [1.807, 2.05) is 54.0 Å². The van der Waals surface area contributed by atoms with Crippen LogP contribution >= 0.6 is 23.2 Å². The highest BCUT2D eigenvalue weighted by atomic mass is 35.5. The Labute approximate surface area is 433 Å². The number of aliphatic imine (C=N–C) groups is 1. The summed E-state index contributed by atoms with van der Waals surface area (Å²) >= 11 is 13.9. The van der Waals surface area contributed by atoms with Crippen LogP contribution in [-0.2, 0) is 58.6 Å². The number of morpholine rings is 2. The minimum absolute atomic E-state index is 0.0607. The number of carboxylic acid groups (broad SMARTS) is 2. The molecule has 0 radical (unpaired) electrons. The Morgan fingerprint density at radius 1 is 0.685 bits per heavy atom. The van der Waals surface area contributed by atoms with Crippen LogP contribution in [0.2, 0.25) is 10.0 Å². The average Bonchev–Trinajstić information content (AvgIpc) is 3.39. The molecule has 2 atom stereocenters. The number of ether oxygens (including phenoxy) is 6. The van der Waals surface area contributed by atoms with Crippen molar-refractivity contribution < 1.29 is 48.2 Å². The molecule has 16 nitrogen and oxygen atoms in total. The summed E-state index contributed by atoms with van der Waals surface area (Å²) in [6, 6.07) is 23.2. The van der Waals surface area contributed by atoms with Crippen molar-refractivity contribution in [2.45, 2.75) is 65.4 Å². The van der Waals surface area contributed by atoms with Gasteiger partial charge in [-0.25, -0.2) is 0 Å². The molecule has 2 aromatic heterocycles. The van der Waals surface area contributed by atoms with Crippen molar-refractivity contribution in [3.8, 4) is 40.2 Å². The van der Waals surface area contributed by atoms with Gasteiger partial charge in [-0.3, -0.25) is 34.3 Å². The molecule has 2 aliphatic rings. The summed E-state index contributed by atoms with van der Waals surface area (Å²) in [7, 11) is 1.69. The van der Waals surface area contributed by atoms with Crippen LogP contribution in [-0.4, -0.2) is 107 Å². The normalized spacial score (nSPS) is 16.2. The topological polar surface area (TPSA) is 198 Å². The summed E-state index contributed by atoms with van der Waals surface area (Å²) in [5.41, 5.74) is 9.95. The Kier molecular flexibility index (Phi) is 17.6. The molecule has 2 aliphatic heterocycles. The first-order chi connectivity index (χ1) is 35.4. The molecule has 18 heteroatoms. The number of aliphatic carboxylic acids is 2. The Balaban J connectivity index is 1.01. The highest BCUT2D eigenvalue weighted by molar-refractivity contribution is 6.32. The van der Waals surface area contributed by atoms with Crippen molar-refractivity contribution in [1.29, 1.82) is 5.26 Å². The van der Waals surface area contributed by atoms with E-state index in [1.54, 1.807) is 62.2 Å². The second-order valence-corrected chi connectivity index (χ2v) is 18.4. The molecule has 2 saturated heterocycles. The molecule has 0 saturated carbocycles. The highest BCUT2D eigenvalue weighted by Crippen LogP contribution is 2.38. The molecule has 2 fully saturated rings. The number of halogens is 2. The Morgan fingerprint density at radius 3 is 1.64 bits per heavy atom. The zero-order valence-corrected chi connectivity index (χ0v) is 42.1. The summed E-state index contributed by atoms with van der Waals surface area (Å²) in [4.78, 5) is 40.5. The van der Waals surface area contributed by atoms with E-state index in [0.29, 0.717) is 81.6 Å². The van der Waals surface area contributed by atoms with E-state index < -0.39 is 24.0 Å². The van der Waals surface area contributed by atoms with E-state index in [-0.39, 0.29) is 52.7 Å². The van der Waals surface area contributed by atoms with Gasteiger partial charge in [0.15, 0.2) is 0 Å². The van der Waals surface area contributed by atoms with E-state index in [1.165, 1.54) is 6.20 Å². The van der Waals surface area contributed by atoms with E-state index in [0.717, 1.165) is 44.5 Å². The number of nitriles is 1. The molecule has 4 heterocycles. The van der Waals surface area contributed by atoms with Crippen molar-refractivity contribution in [2.24, 2.45) is 4.99 Å². The van der Waals surface area contributed by atoms with Gasteiger partial charge in [0, 0.05) is 104 Å². The number of aromatic nitrogens is 2. The number of nitrogens with zero attached hydrogens (tertiary/aromatic N) is 6. The van der Waals surface area contributed by atoms with Crippen LogP contribution < -0.4 is 18.9 Å². The monoisotopic (exact) mass is 1030 g/mol. The van der Waals surface area contributed by atoms with Crippen LogP contribution in [0.25, 0.3) is 11.1 Å². The fraction of sp³-hybridized carbons (Fsp3) is 0.309. The van der Waals surface area contributed by atoms with Crippen LogP contribution in [0.4, 0.5) is 0 Å². The van der Waals surface area contributed by atoms with Gasteiger partial charge < -0.3 is 38.6 Å². The largest absolute Gasteiger partial charge is 0.488 e. The van der Waals surface area contributed by atoms with E-state index in [9.17, 15) is 25.1 Å². The average molecular weight is 1030 g/mol. The van der Waals surface area contributed by atoms with Gasteiger partial charge in [0.2, 0.25) is 0 Å². The summed E-state index contributed by atoms with van der Waals surface area (Å²) < 4.78 is 36.6.